The summed E-state index contributed by atoms with van der Waals surface area (Å²) < 4.78 is 12.1. The Morgan fingerprint density at radius 3 is 1.98 bits per heavy atom. The molecule has 41 heavy (non-hydrogen) atoms. The molecule has 2 saturated carbocycles. The average molecular weight is 563 g/mol. The number of esters is 2. The highest BCUT2D eigenvalue weighted by Crippen LogP contribution is 2.63. The van der Waals surface area contributed by atoms with Gasteiger partial charge in [-0.3, -0.25) is 0 Å². The minimum atomic E-state index is -1.83. The highest BCUT2D eigenvalue weighted by Gasteiger charge is 2.65. The van der Waals surface area contributed by atoms with Crippen LogP contribution in [0.4, 0.5) is 0 Å². The van der Waals surface area contributed by atoms with E-state index in [1.54, 1.807) is 67.6 Å². The first-order chi connectivity index (χ1) is 19.3. The minimum absolute atomic E-state index is 0.0335. The Bertz CT molecular complexity index is 1300. The molecule has 9 atom stereocenters. The Kier molecular flexibility index (Phi) is 7.68. The molecule has 0 amide bonds. The van der Waals surface area contributed by atoms with Crippen molar-refractivity contribution < 1.29 is 34.4 Å². The maximum absolute atomic E-state index is 13.4. The van der Waals surface area contributed by atoms with Gasteiger partial charge in [-0.05, 0) is 86.1 Å². The summed E-state index contributed by atoms with van der Waals surface area (Å²) in [6, 6.07) is 17.1. The van der Waals surface area contributed by atoms with E-state index in [4.69, 9.17) is 9.47 Å². The van der Waals surface area contributed by atoms with Gasteiger partial charge in [-0.25, -0.2) is 9.59 Å². The number of carbonyl (C=O) groups is 2. The predicted molar refractivity (Wildman–Crippen MR) is 154 cm³/mol. The quantitative estimate of drug-likeness (QED) is 0.357. The standard InChI is InChI=1S/C34H42O7/c1-20-18-25-24(32(25,3)4)16-17-33(5,38)28(35)26-27(40-30(36)22-12-8-6-9-13-22)21(2)19-34(26,39)29(20)41-31(37)23-14-10-7-11-15-23/h6-15,18,21,24-29,35,38-39H,16-17,19H2,1-5H3/b20-18+/t21-,24-,25+,26+,27-,28+,29-,33+,34+/m0/s1. The lowest BCUT2D eigenvalue weighted by Crippen LogP contribution is -2.59. The van der Waals surface area contributed by atoms with Crippen LogP contribution >= 0.6 is 0 Å². The summed E-state index contributed by atoms with van der Waals surface area (Å²) in [6.07, 6.45) is -0.378. The second-order valence-electron chi connectivity index (χ2n) is 13.3. The Labute approximate surface area is 242 Å². The van der Waals surface area contributed by atoms with Gasteiger partial charge in [-0.15, -0.1) is 0 Å². The van der Waals surface area contributed by atoms with E-state index >= 15 is 0 Å². The van der Waals surface area contributed by atoms with Gasteiger partial charge in [0.15, 0.2) is 6.10 Å². The van der Waals surface area contributed by atoms with Crippen LogP contribution in [0.25, 0.3) is 0 Å². The van der Waals surface area contributed by atoms with Gasteiger partial charge in [0.1, 0.15) is 11.7 Å². The van der Waals surface area contributed by atoms with Gasteiger partial charge >= 0.3 is 11.9 Å². The maximum atomic E-state index is 13.4. The monoisotopic (exact) mass is 562 g/mol. The molecule has 7 heteroatoms. The molecular weight excluding hydrogens is 520 g/mol. The van der Waals surface area contributed by atoms with Crippen LogP contribution in [-0.2, 0) is 9.47 Å². The smallest absolute Gasteiger partial charge is 0.338 e. The summed E-state index contributed by atoms with van der Waals surface area (Å²) in [5.41, 5.74) is -2.08. The first-order valence-corrected chi connectivity index (χ1v) is 14.6. The van der Waals surface area contributed by atoms with E-state index in [1.807, 2.05) is 13.8 Å². The minimum Gasteiger partial charge on any atom is -0.458 e. The van der Waals surface area contributed by atoms with Gasteiger partial charge in [0, 0.05) is 0 Å². The predicted octanol–water partition coefficient (Wildman–Crippen LogP) is 4.95. The van der Waals surface area contributed by atoms with E-state index in [1.165, 1.54) is 0 Å². The maximum Gasteiger partial charge on any atom is 0.338 e. The summed E-state index contributed by atoms with van der Waals surface area (Å²) in [6.45, 7) is 9.60. The summed E-state index contributed by atoms with van der Waals surface area (Å²) in [5.74, 6) is -2.28. The molecule has 3 aliphatic carbocycles. The van der Waals surface area contributed by atoms with E-state index in [9.17, 15) is 24.9 Å². The molecule has 0 aliphatic heterocycles. The fourth-order valence-electron chi connectivity index (χ4n) is 7.46. The number of hydrogen-bond acceptors (Lipinski definition) is 7. The molecule has 7 nitrogen and oxygen atoms in total. The Balaban J connectivity index is 1.59. The summed E-state index contributed by atoms with van der Waals surface area (Å²) in [7, 11) is 0. The van der Waals surface area contributed by atoms with Crippen LogP contribution in [0.2, 0.25) is 0 Å². The van der Waals surface area contributed by atoms with Gasteiger partial charge < -0.3 is 24.8 Å². The fourth-order valence-corrected chi connectivity index (χ4v) is 7.46. The topological polar surface area (TPSA) is 113 Å². The van der Waals surface area contributed by atoms with E-state index in [2.05, 4.69) is 19.9 Å². The van der Waals surface area contributed by atoms with Crippen LogP contribution in [0.3, 0.4) is 0 Å². The van der Waals surface area contributed by atoms with E-state index in [0.29, 0.717) is 29.5 Å². The zero-order chi connectivity index (χ0) is 29.7. The van der Waals surface area contributed by atoms with Gasteiger partial charge in [-0.2, -0.15) is 0 Å². The van der Waals surface area contributed by atoms with Crippen molar-refractivity contribution in [2.45, 2.75) is 83.4 Å². The molecule has 5 rings (SSSR count). The highest BCUT2D eigenvalue weighted by molar-refractivity contribution is 5.90. The van der Waals surface area contributed by atoms with E-state index in [-0.39, 0.29) is 23.7 Å². The molecule has 2 aromatic carbocycles. The third-order valence-electron chi connectivity index (χ3n) is 10.0. The normalized spacial score (nSPS) is 39.2. The molecule has 3 aliphatic rings. The third-order valence-corrected chi connectivity index (χ3v) is 10.0. The van der Waals surface area contributed by atoms with E-state index < -0.39 is 53.3 Å². The fraction of sp³-hybridized carbons (Fsp3) is 0.529. The number of carbonyl (C=O) groups excluding carboxylic acids is 2. The van der Waals surface area contributed by atoms with Crippen LogP contribution in [-0.4, -0.2) is 56.8 Å². The van der Waals surface area contributed by atoms with Crippen molar-refractivity contribution in [2.75, 3.05) is 0 Å². The summed E-state index contributed by atoms with van der Waals surface area (Å²) in [4.78, 5) is 26.6. The van der Waals surface area contributed by atoms with Gasteiger partial charge in [0.25, 0.3) is 0 Å². The van der Waals surface area contributed by atoms with Crippen molar-refractivity contribution in [3.63, 3.8) is 0 Å². The molecule has 0 heterocycles. The Morgan fingerprint density at radius 2 is 1.41 bits per heavy atom. The molecule has 0 bridgehead atoms. The molecule has 2 aromatic rings. The zero-order valence-electron chi connectivity index (χ0n) is 24.5. The van der Waals surface area contributed by atoms with Crippen LogP contribution in [0.15, 0.2) is 72.3 Å². The van der Waals surface area contributed by atoms with Gasteiger partial charge in [-0.1, -0.05) is 63.2 Å². The molecular formula is C34H42O7. The number of aliphatic hydroxyl groups excluding tert-OH is 1. The number of hydrogen-bond donors (Lipinski definition) is 3. The van der Waals surface area contributed by atoms with Crippen molar-refractivity contribution in [1.82, 2.24) is 0 Å². The van der Waals surface area contributed by atoms with Gasteiger partial charge in [0.2, 0.25) is 0 Å². The number of aliphatic hydroxyl groups is 3. The molecule has 220 valence electrons. The largest absolute Gasteiger partial charge is 0.458 e. The first kappa shape index (κ1) is 29.5. The van der Waals surface area contributed by atoms with Crippen LogP contribution in [0.5, 0.6) is 0 Å². The Morgan fingerprint density at radius 1 is 0.878 bits per heavy atom. The second-order valence-corrected chi connectivity index (χ2v) is 13.3. The molecule has 0 saturated heterocycles. The number of benzene rings is 2. The number of fused-ring (bicyclic) bond motifs is 2. The molecule has 3 N–H and O–H groups in total. The number of allylic oxidation sites excluding steroid dienone is 1. The second kappa shape index (κ2) is 10.7. The molecule has 0 unspecified atom stereocenters. The zero-order valence-corrected chi connectivity index (χ0v) is 24.5. The highest BCUT2D eigenvalue weighted by atomic mass is 16.6. The van der Waals surface area contributed by atoms with Crippen LogP contribution in [0, 0.1) is 29.1 Å². The van der Waals surface area contributed by atoms with Gasteiger partial charge in [0.05, 0.1) is 28.7 Å². The van der Waals surface area contributed by atoms with Crippen LogP contribution in [0.1, 0.15) is 74.6 Å². The molecule has 2 fully saturated rings. The summed E-state index contributed by atoms with van der Waals surface area (Å²) >= 11 is 0. The Hall–Kier alpha value is -3.00. The average Bonchev–Trinajstić information content (AvgIpc) is 3.35. The molecule has 0 aromatic heterocycles. The van der Waals surface area contributed by atoms with Crippen molar-refractivity contribution in [3.8, 4) is 0 Å². The van der Waals surface area contributed by atoms with E-state index in [0.717, 1.165) is 0 Å². The van der Waals surface area contributed by atoms with Crippen molar-refractivity contribution in [3.05, 3.63) is 83.4 Å². The molecule has 0 radical (unpaired) electrons. The molecule has 0 spiro atoms. The lowest BCUT2D eigenvalue weighted by atomic mass is 9.73. The third kappa shape index (κ3) is 5.36. The SMILES string of the molecule is C/C1=C\[C@@H]2[C@H](CC[C@@](C)(O)[C@H](O)[C@H]3[C@@H](OC(=O)c4ccccc4)[C@@H](C)C[C@]3(O)[C@H]1OC(=O)c1ccccc1)C2(C)C. The first-order valence-electron chi connectivity index (χ1n) is 14.6. The van der Waals surface area contributed by atoms with Crippen molar-refractivity contribution in [1.29, 1.82) is 0 Å². The lowest BCUT2D eigenvalue weighted by molar-refractivity contribution is -0.181. The van der Waals surface area contributed by atoms with Crippen LogP contribution < -0.4 is 0 Å². The summed E-state index contributed by atoms with van der Waals surface area (Å²) in [5, 5.41) is 36.2. The van der Waals surface area contributed by atoms with Crippen molar-refractivity contribution >= 4 is 11.9 Å². The van der Waals surface area contributed by atoms with Crippen molar-refractivity contribution in [2.24, 2.45) is 29.1 Å². The number of rotatable bonds is 4. The number of ether oxygens (including phenoxy) is 2. The lowest BCUT2D eigenvalue weighted by Gasteiger charge is -2.44.